The Balaban J connectivity index is 1.61. The van der Waals surface area contributed by atoms with Crippen molar-refractivity contribution in [2.24, 2.45) is 0 Å². The minimum atomic E-state index is -0.973. The van der Waals surface area contributed by atoms with Crippen LogP contribution in [0.4, 0.5) is 0 Å². The number of ether oxygens (including phenoxy) is 1. The molecule has 9 heteroatoms. The molecule has 1 aromatic carbocycles. The highest BCUT2D eigenvalue weighted by Crippen LogP contribution is 2.51. The van der Waals surface area contributed by atoms with Gasteiger partial charge in [0.2, 0.25) is 5.91 Å². The summed E-state index contributed by atoms with van der Waals surface area (Å²) >= 11 is 3.49. The first-order valence-electron chi connectivity index (χ1n) is 10.2. The van der Waals surface area contributed by atoms with Crippen molar-refractivity contribution in [2.75, 3.05) is 31.2 Å². The molecule has 7 nitrogen and oxygen atoms in total. The summed E-state index contributed by atoms with van der Waals surface area (Å²) in [6.45, 7) is 2.34. The van der Waals surface area contributed by atoms with Gasteiger partial charge in [0.15, 0.2) is 0 Å². The second-order valence-corrected chi connectivity index (χ2v) is 10.6. The van der Waals surface area contributed by atoms with Gasteiger partial charge in [-0.25, -0.2) is 4.79 Å². The average Bonchev–Trinajstić information content (AvgIpc) is 3.36. The molecular formula is C21H28N2O5S2. The summed E-state index contributed by atoms with van der Waals surface area (Å²) in [5, 5.41) is 12.6. The number of carbonyl (C=O) groups is 3. The van der Waals surface area contributed by atoms with Crippen molar-refractivity contribution < 1.29 is 24.2 Å². The van der Waals surface area contributed by atoms with Crippen molar-refractivity contribution in [3.05, 3.63) is 35.9 Å². The van der Waals surface area contributed by atoms with Gasteiger partial charge in [0.25, 0.3) is 0 Å². The number of carboxylic acids is 1. The number of likely N-dealkylation sites (tertiary alicyclic amines) is 1. The molecule has 1 unspecified atom stereocenters. The lowest BCUT2D eigenvalue weighted by atomic mass is 10.1. The van der Waals surface area contributed by atoms with Gasteiger partial charge < -0.3 is 14.7 Å². The number of carbonyl (C=O) groups excluding carboxylic acids is 2. The van der Waals surface area contributed by atoms with E-state index >= 15 is 0 Å². The predicted molar refractivity (Wildman–Crippen MR) is 119 cm³/mol. The molecule has 0 bridgehead atoms. The zero-order valence-corrected chi connectivity index (χ0v) is 18.7. The molecule has 2 aliphatic heterocycles. The van der Waals surface area contributed by atoms with Gasteiger partial charge in [0, 0.05) is 24.5 Å². The summed E-state index contributed by atoms with van der Waals surface area (Å²) in [6, 6.07) is 8.37. The third-order valence-corrected chi connectivity index (χ3v) is 8.77. The van der Waals surface area contributed by atoms with E-state index in [1.54, 1.807) is 30.4 Å². The second-order valence-electron chi connectivity index (χ2n) is 7.40. The van der Waals surface area contributed by atoms with Crippen LogP contribution in [0.1, 0.15) is 25.3 Å². The number of aliphatic carboxylic acids is 1. The highest BCUT2D eigenvalue weighted by Gasteiger charge is 2.51. The lowest BCUT2D eigenvalue weighted by Gasteiger charge is -2.24. The topological polar surface area (TPSA) is 95.9 Å². The van der Waals surface area contributed by atoms with Crippen LogP contribution in [-0.4, -0.2) is 75.2 Å². The first kappa shape index (κ1) is 23.0. The van der Waals surface area contributed by atoms with E-state index in [-0.39, 0.29) is 23.1 Å². The molecule has 2 fully saturated rings. The third kappa shape index (κ3) is 5.70. The van der Waals surface area contributed by atoms with Crippen molar-refractivity contribution in [3.63, 3.8) is 0 Å². The molecule has 1 aromatic rings. The molecular weight excluding hydrogens is 424 g/mol. The number of hydrogen-bond donors (Lipinski definition) is 2. The van der Waals surface area contributed by atoms with E-state index in [9.17, 15) is 19.5 Å². The van der Waals surface area contributed by atoms with E-state index in [0.717, 1.165) is 17.1 Å². The van der Waals surface area contributed by atoms with Gasteiger partial charge in [-0.05, 0) is 25.3 Å². The number of hydrogen-bond acceptors (Lipinski definition) is 7. The molecule has 30 heavy (non-hydrogen) atoms. The molecule has 2 atom stereocenters. The molecule has 2 N–H and O–H groups in total. The first-order valence-corrected chi connectivity index (χ1v) is 12.2. The maximum atomic E-state index is 12.9. The number of amides is 1. The number of carboxylic acid groups (broad SMARTS) is 1. The highest BCUT2D eigenvalue weighted by molar-refractivity contribution is 8.21. The van der Waals surface area contributed by atoms with Crippen LogP contribution in [0.3, 0.4) is 0 Å². The molecule has 0 saturated carbocycles. The molecule has 164 valence electrons. The average molecular weight is 453 g/mol. The molecule has 0 aliphatic carbocycles. The highest BCUT2D eigenvalue weighted by atomic mass is 32.2. The minimum absolute atomic E-state index is 0.0898. The second kappa shape index (κ2) is 10.5. The van der Waals surface area contributed by atoms with Crippen LogP contribution < -0.4 is 5.32 Å². The van der Waals surface area contributed by atoms with Crippen LogP contribution in [0, 0.1) is 0 Å². The SMILES string of the molecule is CCOC(=O)C(CCc1ccccc1)NCC(=O)N1CC2(C[C@H]1C(=O)O)SCCS2. The Labute approximate surface area is 185 Å². The van der Waals surface area contributed by atoms with Crippen LogP contribution in [0.15, 0.2) is 30.3 Å². The fraction of sp³-hybridized carbons (Fsp3) is 0.571. The lowest BCUT2D eigenvalue weighted by molar-refractivity contribution is -0.149. The number of aryl methyl sites for hydroxylation is 1. The molecule has 2 heterocycles. The number of esters is 1. The fourth-order valence-corrected chi connectivity index (χ4v) is 7.10. The van der Waals surface area contributed by atoms with E-state index in [1.165, 1.54) is 4.90 Å². The number of rotatable bonds is 9. The van der Waals surface area contributed by atoms with Crippen molar-refractivity contribution in [1.29, 1.82) is 0 Å². The number of benzene rings is 1. The number of nitrogens with one attached hydrogen (secondary N) is 1. The molecule has 2 saturated heterocycles. The van der Waals surface area contributed by atoms with Crippen LogP contribution in [-0.2, 0) is 25.5 Å². The van der Waals surface area contributed by atoms with Crippen molar-refractivity contribution in [1.82, 2.24) is 10.2 Å². The van der Waals surface area contributed by atoms with Gasteiger partial charge in [-0.1, -0.05) is 30.3 Å². The van der Waals surface area contributed by atoms with E-state index in [0.29, 0.717) is 25.8 Å². The largest absolute Gasteiger partial charge is 0.480 e. The quantitative estimate of drug-likeness (QED) is 0.550. The Morgan fingerprint density at radius 1 is 1.27 bits per heavy atom. The van der Waals surface area contributed by atoms with Crippen LogP contribution >= 0.6 is 23.5 Å². The Bertz CT molecular complexity index is 755. The smallest absolute Gasteiger partial charge is 0.326 e. The Morgan fingerprint density at radius 2 is 1.97 bits per heavy atom. The van der Waals surface area contributed by atoms with E-state index in [2.05, 4.69) is 5.32 Å². The third-order valence-electron chi connectivity index (χ3n) is 5.35. The van der Waals surface area contributed by atoms with Gasteiger partial charge in [0.1, 0.15) is 12.1 Å². The van der Waals surface area contributed by atoms with Crippen molar-refractivity contribution in [2.45, 2.75) is 42.3 Å². The fourth-order valence-electron chi connectivity index (χ4n) is 3.84. The lowest BCUT2D eigenvalue weighted by Crippen LogP contribution is -2.48. The monoisotopic (exact) mass is 452 g/mol. The molecule has 0 aromatic heterocycles. The minimum Gasteiger partial charge on any atom is -0.480 e. The molecule has 1 spiro atoms. The zero-order valence-electron chi connectivity index (χ0n) is 17.0. The Hall–Kier alpha value is -1.71. The summed E-state index contributed by atoms with van der Waals surface area (Å²) in [7, 11) is 0. The molecule has 0 radical (unpaired) electrons. The van der Waals surface area contributed by atoms with E-state index < -0.39 is 24.0 Å². The van der Waals surface area contributed by atoms with Crippen LogP contribution in [0.5, 0.6) is 0 Å². The number of thioether (sulfide) groups is 2. The van der Waals surface area contributed by atoms with E-state index in [1.807, 2.05) is 30.3 Å². The maximum absolute atomic E-state index is 12.9. The summed E-state index contributed by atoms with van der Waals surface area (Å²) < 4.78 is 4.94. The summed E-state index contributed by atoms with van der Waals surface area (Å²) in [4.78, 5) is 38.5. The van der Waals surface area contributed by atoms with Gasteiger partial charge in [-0.2, -0.15) is 0 Å². The van der Waals surface area contributed by atoms with E-state index in [4.69, 9.17) is 4.74 Å². The standard InChI is InChI=1S/C21H28N2O5S2/c1-2-28-20(27)16(9-8-15-6-4-3-5-7-15)22-13-18(24)23-14-21(29-10-11-30-21)12-17(23)19(25)26/h3-7,16-17,22H,2,8-14H2,1H3,(H,25,26)/t16?,17-/m0/s1. The van der Waals surface area contributed by atoms with Gasteiger partial charge >= 0.3 is 11.9 Å². The van der Waals surface area contributed by atoms with Gasteiger partial charge in [0.05, 0.1) is 17.2 Å². The van der Waals surface area contributed by atoms with Gasteiger partial charge in [-0.15, -0.1) is 23.5 Å². The first-order chi connectivity index (χ1) is 14.4. The summed E-state index contributed by atoms with van der Waals surface area (Å²) in [5.74, 6) is 0.292. The number of nitrogens with zero attached hydrogens (tertiary/aromatic N) is 1. The zero-order chi connectivity index (χ0) is 21.6. The predicted octanol–water partition coefficient (Wildman–Crippen LogP) is 2.00. The van der Waals surface area contributed by atoms with Gasteiger partial charge in [-0.3, -0.25) is 14.9 Å². The maximum Gasteiger partial charge on any atom is 0.326 e. The van der Waals surface area contributed by atoms with Crippen molar-refractivity contribution in [3.8, 4) is 0 Å². The Morgan fingerprint density at radius 3 is 2.60 bits per heavy atom. The summed E-state index contributed by atoms with van der Waals surface area (Å²) in [6.07, 6.45) is 1.62. The molecule has 1 amide bonds. The summed E-state index contributed by atoms with van der Waals surface area (Å²) in [5.41, 5.74) is 1.10. The Kier molecular flexibility index (Phi) is 8.07. The molecule has 3 rings (SSSR count). The normalized spacial score (nSPS) is 21.0. The van der Waals surface area contributed by atoms with Crippen LogP contribution in [0.2, 0.25) is 0 Å². The van der Waals surface area contributed by atoms with Crippen LogP contribution in [0.25, 0.3) is 0 Å². The van der Waals surface area contributed by atoms with Crippen molar-refractivity contribution >= 4 is 41.4 Å². The molecule has 2 aliphatic rings.